The van der Waals surface area contributed by atoms with E-state index < -0.39 is 5.41 Å². The van der Waals surface area contributed by atoms with Crippen LogP contribution in [0.15, 0.2) is 206 Å². The Morgan fingerprint density at radius 3 is 1.22 bits per heavy atom. The molecule has 2 aliphatic carbocycles. The number of aromatic nitrogens is 4. The summed E-state index contributed by atoms with van der Waals surface area (Å²) in [4.78, 5) is 20.2. The largest absolute Gasteiger partial charge is 0.247 e. The summed E-state index contributed by atoms with van der Waals surface area (Å²) < 4.78 is 0. The van der Waals surface area contributed by atoms with Crippen LogP contribution in [0.3, 0.4) is 0 Å². The number of pyridine rings is 1. The molecule has 0 N–H and O–H groups in total. The second-order valence-electron chi connectivity index (χ2n) is 15.3. The molecule has 12 rings (SSSR count). The van der Waals surface area contributed by atoms with Crippen molar-refractivity contribution in [2.24, 2.45) is 0 Å². The maximum absolute atomic E-state index is 5.47. The van der Waals surface area contributed by atoms with Gasteiger partial charge in [-0.15, -0.1) is 0 Å². The highest BCUT2D eigenvalue weighted by molar-refractivity contribution is 6.06. The minimum Gasteiger partial charge on any atom is -0.247 e. The Balaban J connectivity index is 0.969. The van der Waals surface area contributed by atoms with E-state index in [2.05, 4.69) is 146 Å². The van der Waals surface area contributed by atoms with Crippen LogP contribution < -0.4 is 0 Å². The highest BCUT2D eigenvalue weighted by Gasteiger charge is 2.53. The van der Waals surface area contributed by atoms with Crippen LogP contribution in [0, 0.1) is 0 Å². The predicted octanol–water partition coefficient (Wildman–Crippen LogP) is 13.1. The molecule has 2 aliphatic rings. The minimum absolute atomic E-state index is 0.458. The van der Waals surface area contributed by atoms with Crippen LogP contribution in [0.25, 0.3) is 89.7 Å². The van der Waals surface area contributed by atoms with Crippen molar-refractivity contribution in [2.75, 3.05) is 0 Å². The monoisotopic (exact) mass is 750 g/mol. The first-order chi connectivity index (χ1) is 29.3. The molecule has 59 heavy (non-hydrogen) atoms. The Bertz CT molecular complexity index is 3140. The fourth-order valence-corrected chi connectivity index (χ4v) is 9.60. The molecule has 0 atom stereocenters. The lowest BCUT2D eigenvalue weighted by molar-refractivity contribution is 0.801. The van der Waals surface area contributed by atoms with Gasteiger partial charge < -0.3 is 0 Å². The SMILES string of the molecule is c1ccc(-c2nc(-c3ccccc3)nc(-c3ccc(-c4ccc(-c5nc6ccccc6c6c5-c5ccccc5C65c6ccccc6-c6ccccc65)cc4)cc3)n2)cc1. The van der Waals surface area contributed by atoms with Gasteiger partial charge in [0.15, 0.2) is 17.5 Å². The summed E-state index contributed by atoms with van der Waals surface area (Å²) in [5, 5.41) is 1.19. The second kappa shape index (κ2) is 13.1. The maximum atomic E-state index is 5.47. The molecule has 0 bridgehead atoms. The topological polar surface area (TPSA) is 51.6 Å². The first-order valence-electron chi connectivity index (χ1n) is 20.1. The molecule has 0 radical (unpaired) electrons. The molecule has 274 valence electrons. The van der Waals surface area contributed by atoms with Gasteiger partial charge in [0.2, 0.25) is 0 Å². The summed E-state index contributed by atoms with van der Waals surface area (Å²) in [7, 11) is 0. The third kappa shape index (κ3) is 5.03. The van der Waals surface area contributed by atoms with Gasteiger partial charge in [-0.05, 0) is 56.1 Å². The molecule has 1 spiro atoms. The standard InChI is InChI=1S/C55H34N4/c1-3-15-38(16-4-1)52-57-53(39-17-5-2-6-18-39)59-54(58-52)40-33-29-36(30-34-40)35-27-31-37(32-28-35)51-49-43-21-9-13-25-47(43)55(50(49)44-22-10-14-26-48(44)56-51)45-23-11-7-19-41(45)42-20-8-12-24-46(42)55/h1-34H. The lowest BCUT2D eigenvalue weighted by atomic mass is 9.69. The Morgan fingerprint density at radius 2 is 0.678 bits per heavy atom. The van der Waals surface area contributed by atoms with Crippen molar-refractivity contribution < 1.29 is 0 Å². The van der Waals surface area contributed by atoms with Crippen LogP contribution in [0.5, 0.6) is 0 Å². The zero-order chi connectivity index (χ0) is 38.9. The molecular formula is C55H34N4. The van der Waals surface area contributed by atoms with E-state index in [1.165, 1.54) is 49.9 Å². The van der Waals surface area contributed by atoms with Crippen molar-refractivity contribution in [1.29, 1.82) is 0 Å². The third-order valence-corrected chi connectivity index (χ3v) is 12.2. The third-order valence-electron chi connectivity index (χ3n) is 12.2. The van der Waals surface area contributed by atoms with Gasteiger partial charge in [-0.1, -0.05) is 200 Å². The zero-order valence-corrected chi connectivity index (χ0v) is 31.9. The minimum atomic E-state index is -0.458. The van der Waals surface area contributed by atoms with Gasteiger partial charge >= 0.3 is 0 Å². The molecule has 0 aliphatic heterocycles. The van der Waals surface area contributed by atoms with Gasteiger partial charge in [-0.3, -0.25) is 0 Å². The van der Waals surface area contributed by atoms with Crippen molar-refractivity contribution in [1.82, 2.24) is 19.9 Å². The van der Waals surface area contributed by atoms with Crippen LogP contribution in [-0.4, -0.2) is 19.9 Å². The molecule has 0 saturated carbocycles. The summed E-state index contributed by atoms with van der Waals surface area (Å²) in [6, 6.07) is 73.2. The quantitative estimate of drug-likeness (QED) is 0.176. The molecule has 2 aromatic heterocycles. The van der Waals surface area contributed by atoms with Crippen molar-refractivity contribution in [2.45, 2.75) is 5.41 Å². The molecule has 0 saturated heterocycles. The Hall–Kier alpha value is -7.82. The van der Waals surface area contributed by atoms with Gasteiger partial charge in [-0.2, -0.15) is 0 Å². The average molecular weight is 751 g/mol. The highest BCUT2D eigenvalue weighted by atomic mass is 15.0. The molecule has 0 unspecified atom stereocenters. The number of para-hydroxylation sites is 1. The van der Waals surface area contributed by atoms with Crippen LogP contribution in [0.2, 0.25) is 0 Å². The Morgan fingerprint density at radius 1 is 0.288 bits per heavy atom. The number of hydrogen-bond acceptors (Lipinski definition) is 4. The first-order valence-corrected chi connectivity index (χ1v) is 20.1. The molecule has 0 amide bonds. The van der Waals surface area contributed by atoms with Crippen LogP contribution in [-0.2, 0) is 5.41 Å². The number of fused-ring (bicyclic) bond motifs is 12. The molecular weight excluding hydrogens is 717 g/mol. The smallest absolute Gasteiger partial charge is 0.164 e. The highest BCUT2D eigenvalue weighted by Crippen LogP contribution is 2.65. The fraction of sp³-hybridized carbons (Fsp3) is 0.0182. The Kier molecular flexibility index (Phi) is 7.41. The maximum Gasteiger partial charge on any atom is 0.164 e. The lowest BCUT2D eigenvalue weighted by Gasteiger charge is -2.31. The number of benzene rings is 8. The second-order valence-corrected chi connectivity index (χ2v) is 15.3. The number of nitrogens with zero attached hydrogens (tertiary/aromatic N) is 4. The van der Waals surface area contributed by atoms with Gasteiger partial charge in [0, 0.05) is 33.2 Å². The molecule has 0 fully saturated rings. The molecule has 10 aromatic rings. The summed E-state index contributed by atoms with van der Waals surface area (Å²) in [5.41, 5.74) is 18.1. The average Bonchev–Trinajstić information content (AvgIpc) is 3.80. The van der Waals surface area contributed by atoms with Crippen molar-refractivity contribution in [3.63, 3.8) is 0 Å². The zero-order valence-electron chi connectivity index (χ0n) is 31.9. The van der Waals surface area contributed by atoms with E-state index in [4.69, 9.17) is 19.9 Å². The molecule has 4 heteroatoms. The summed E-state index contributed by atoms with van der Waals surface area (Å²) >= 11 is 0. The molecule has 4 nitrogen and oxygen atoms in total. The van der Waals surface area contributed by atoms with E-state index in [1.807, 2.05) is 60.7 Å². The van der Waals surface area contributed by atoms with E-state index in [0.29, 0.717) is 17.5 Å². The van der Waals surface area contributed by atoms with Gasteiger partial charge in [0.1, 0.15) is 0 Å². The van der Waals surface area contributed by atoms with E-state index in [1.54, 1.807) is 0 Å². The van der Waals surface area contributed by atoms with E-state index >= 15 is 0 Å². The van der Waals surface area contributed by atoms with Crippen LogP contribution >= 0.6 is 0 Å². The van der Waals surface area contributed by atoms with Crippen LogP contribution in [0.4, 0.5) is 0 Å². The molecule has 8 aromatic carbocycles. The summed E-state index contributed by atoms with van der Waals surface area (Å²) in [6.45, 7) is 0. The van der Waals surface area contributed by atoms with E-state index in [9.17, 15) is 0 Å². The predicted molar refractivity (Wildman–Crippen MR) is 239 cm³/mol. The number of rotatable bonds is 5. The molecule has 2 heterocycles. The van der Waals surface area contributed by atoms with E-state index in [0.717, 1.165) is 44.6 Å². The number of hydrogen-bond donors (Lipinski definition) is 0. The van der Waals surface area contributed by atoms with Gasteiger partial charge in [-0.25, -0.2) is 19.9 Å². The Labute approximate surface area is 342 Å². The normalized spacial score (nSPS) is 12.9. The van der Waals surface area contributed by atoms with Crippen LogP contribution in [0.1, 0.15) is 22.3 Å². The van der Waals surface area contributed by atoms with Crippen molar-refractivity contribution in [3.05, 3.63) is 229 Å². The van der Waals surface area contributed by atoms with Crippen molar-refractivity contribution >= 4 is 10.9 Å². The summed E-state index contributed by atoms with van der Waals surface area (Å²) in [5.74, 6) is 1.94. The van der Waals surface area contributed by atoms with Crippen molar-refractivity contribution in [3.8, 4) is 78.8 Å². The lowest BCUT2D eigenvalue weighted by Crippen LogP contribution is -2.26. The summed E-state index contributed by atoms with van der Waals surface area (Å²) in [6.07, 6.45) is 0. The van der Waals surface area contributed by atoms with Gasteiger partial charge in [0.25, 0.3) is 0 Å². The first kappa shape index (κ1) is 33.3. The van der Waals surface area contributed by atoms with E-state index in [-0.39, 0.29) is 0 Å². The van der Waals surface area contributed by atoms with Gasteiger partial charge in [0.05, 0.1) is 16.6 Å². The fourth-order valence-electron chi connectivity index (χ4n) is 9.60.